The molecule has 1 aliphatic heterocycles. The fourth-order valence-corrected chi connectivity index (χ4v) is 2.46. The minimum absolute atomic E-state index is 0.0976. The van der Waals surface area contributed by atoms with Gasteiger partial charge in [0.05, 0.1) is 18.7 Å². The zero-order valence-electron chi connectivity index (χ0n) is 12.0. The van der Waals surface area contributed by atoms with Crippen LogP contribution >= 0.6 is 0 Å². The van der Waals surface area contributed by atoms with Crippen molar-refractivity contribution in [2.75, 3.05) is 13.1 Å². The topological polar surface area (TPSA) is 116 Å². The Balaban J connectivity index is 1.69. The molecule has 1 saturated heterocycles. The maximum atomic E-state index is 12.2. The molecule has 0 aliphatic carbocycles. The van der Waals surface area contributed by atoms with Crippen molar-refractivity contribution in [3.8, 4) is 5.75 Å². The number of carboxylic acid groups (broad SMARTS) is 1. The number of β-amino-alcohol motifs (C(OH)–C–C–N with tert-alkyl or cyclic N) is 1. The van der Waals surface area contributed by atoms with Crippen molar-refractivity contribution >= 4 is 11.9 Å². The second-order valence-electron chi connectivity index (χ2n) is 5.24. The zero-order chi connectivity index (χ0) is 16.4. The van der Waals surface area contributed by atoms with Gasteiger partial charge in [-0.05, 0) is 24.3 Å². The van der Waals surface area contributed by atoms with Crippen LogP contribution in [0.5, 0.6) is 5.75 Å². The molecule has 8 nitrogen and oxygen atoms in total. The van der Waals surface area contributed by atoms with Crippen molar-refractivity contribution in [3.05, 3.63) is 47.8 Å². The van der Waals surface area contributed by atoms with E-state index in [9.17, 15) is 14.7 Å². The highest BCUT2D eigenvalue weighted by molar-refractivity contribution is 5.92. The summed E-state index contributed by atoms with van der Waals surface area (Å²) in [5.41, 5.74) is 0.436. The molecule has 0 spiro atoms. The Labute approximate surface area is 131 Å². The Kier molecular flexibility index (Phi) is 3.98. The van der Waals surface area contributed by atoms with Crippen LogP contribution in [-0.2, 0) is 0 Å². The Morgan fingerprint density at radius 2 is 2.13 bits per heavy atom. The number of hydrogen-bond acceptors (Lipinski definition) is 5. The molecule has 0 unspecified atom stereocenters. The van der Waals surface area contributed by atoms with E-state index in [0.29, 0.717) is 11.4 Å². The summed E-state index contributed by atoms with van der Waals surface area (Å²) < 4.78 is 5.64. The third-order valence-corrected chi connectivity index (χ3v) is 3.62. The maximum Gasteiger partial charge on any atom is 0.335 e. The normalized spacial score (nSPS) is 20.5. The number of carbonyl (C=O) groups is 2. The molecular weight excluding hydrogens is 302 g/mol. The molecular formula is C15H15N3O5. The second kappa shape index (κ2) is 6.09. The molecule has 0 bridgehead atoms. The van der Waals surface area contributed by atoms with Gasteiger partial charge in [0, 0.05) is 6.20 Å². The van der Waals surface area contributed by atoms with Gasteiger partial charge in [-0.2, -0.15) is 5.10 Å². The molecule has 1 aromatic carbocycles. The summed E-state index contributed by atoms with van der Waals surface area (Å²) in [6.07, 6.45) is 0.00625. The van der Waals surface area contributed by atoms with Crippen LogP contribution in [0.3, 0.4) is 0 Å². The Morgan fingerprint density at radius 1 is 1.30 bits per heavy atom. The first-order valence-corrected chi connectivity index (χ1v) is 7.01. The summed E-state index contributed by atoms with van der Waals surface area (Å²) in [4.78, 5) is 24.6. The van der Waals surface area contributed by atoms with Gasteiger partial charge in [0.1, 0.15) is 23.7 Å². The van der Waals surface area contributed by atoms with Crippen molar-refractivity contribution < 1.29 is 24.5 Å². The number of amides is 1. The van der Waals surface area contributed by atoms with Crippen LogP contribution in [0.25, 0.3) is 0 Å². The molecule has 3 N–H and O–H groups in total. The molecule has 1 aliphatic rings. The van der Waals surface area contributed by atoms with E-state index in [0.717, 1.165) is 0 Å². The molecule has 23 heavy (non-hydrogen) atoms. The molecule has 0 radical (unpaired) electrons. The van der Waals surface area contributed by atoms with Crippen molar-refractivity contribution in [2.24, 2.45) is 0 Å². The van der Waals surface area contributed by atoms with Gasteiger partial charge in [-0.3, -0.25) is 9.89 Å². The number of nitrogens with one attached hydrogen (secondary N) is 1. The fraction of sp³-hybridized carbons (Fsp3) is 0.267. The summed E-state index contributed by atoms with van der Waals surface area (Å²) in [6, 6.07) is 7.56. The highest BCUT2D eigenvalue weighted by atomic mass is 16.5. The van der Waals surface area contributed by atoms with E-state index >= 15 is 0 Å². The molecule has 3 rings (SSSR count). The molecule has 2 aromatic rings. The van der Waals surface area contributed by atoms with E-state index in [1.807, 2.05) is 0 Å². The van der Waals surface area contributed by atoms with Gasteiger partial charge in [-0.1, -0.05) is 6.07 Å². The van der Waals surface area contributed by atoms with Crippen LogP contribution in [0.1, 0.15) is 20.8 Å². The Bertz CT molecular complexity index is 716. The average molecular weight is 317 g/mol. The minimum atomic E-state index is -1.06. The summed E-state index contributed by atoms with van der Waals surface area (Å²) in [6.45, 7) is 0.345. The van der Waals surface area contributed by atoms with E-state index < -0.39 is 18.2 Å². The molecule has 2 heterocycles. The number of aromatic nitrogens is 2. The highest BCUT2D eigenvalue weighted by Gasteiger charge is 2.36. The smallest absolute Gasteiger partial charge is 0.335 e. The molecule has 1 aromatic heterocycles. The quantitative estimate of drug-likeness (QED) is 0.750. The number of aliphatic hydroxyl groups excluding tert-OH is 1. The molecule has 1 fully saturated rings. The summed E-state index contributed by atoms with van der Waals surface area (Å²) in [5.74, 6) is -0.991. The molecule has 0 saturated carbocycles. The van der Waals surface area contributed by atoms with Crippen LogP contribution in [0.4, 0.5) is 0 Å². The number of ether oxygens (including phenoxy) is 1. The Hall–Kier alpha value is -2.87. The van der Waals surface area contributed by atoms with Gasteiger partial charge in [-0.25, -0.2) is 4.79 Å². The van der Waals surface area contributed by atoms with Gasteiger partial charge < -0.3 is 19.8 Å². The zero-order valence-corrected chi connectivity index (χ0v) is 12.0. The lowest BCUT2D eigenvalue weighted by Crippen LogP contribution is -2.31. The summed E-state index contributed by atoms with van der Waals surface area (Å²) in [5, 5.41) is 25.4. The lowest BCUT2D eigenvalue weighted by atomic mass is 10.2. The standard InChI is InChI=1S/C15H15N3O5/c19-12-7-18(14(20)11-4-5-16-17-11)8-13(12)23-10-3-1-2-9(6-10)15(21)22/h1-6,12-13,19H,7-8H2,(H,16,17)(H,21,22)/t12-,13-/m1/s1. The van der Waals surface area contributed by atoms with Crippen LogP contribution < -0.4 is 4.74 Å². The highest BCUT2D eigenvalue weighted by Crippen LogP contribution is 2.21. The van der Waals surface area contributed by atoms with Gasteiger partial charge in [0.25, 0.3) is 5.91 Å². The number of carboxylic acids is 1. The number of aromatic amines is 1. The van der Waals surface area contributed by atoms with Crippen molar-refractivity contribution in [1.82, 2.24) is 15.1 Å². The largest absolute Gasteiger partial charge is 0.486 e. The fourth-order valence-electron chi connectivity index (χ4n) is 2.46. The summed E-state index contributed by atoms with van der Waals surface area (Å²) in [7, 11) is 0. The second-order valence-corrected chi connectivity index (χ2v) is 5.24. The van der Waals surface area contributed by atoms with Gasteiger partial charge >= 0.3 is 5.97 Å². The molecule has 1 amide bonds. The first-order chi connectivity index (χ1) is 11.0. The van der Waals surface area contributed by atoms with Crippen molar-refractivity contribution in [1.29, 1.82) is 0 Å². The maximum absolute atomic E-state index is 12.2. The van der Waals surface area contributed by atoms with E-state index in [4.69, 9.17) is 9.84 Å². The van der Waals surface area contributed by atoms with Crippen LogP contribution in [0.15, 0.2) is 36.5 Å². The van der Waals surface area contributed by atoms with Crippen LogP contribution in [0.2, 0.25) is 0 Å². The van der Waals surface area contributed by atoms with Crippen molar-refractivity contribution in [2.45, 2.75) is 12.2 Å². The monoisotopic (exact) mass is 317 g/mol. The van der Waals surface area contributed by atoms with Crippen LogP contribution in [0, 0.1) is 0 Å². The number of H-pyrrole nitrogens is 1. The summed E-state index contributed by atoms with van der Waals surface area (Å²) >= 11 is 0. The van der Waals surface area contributed by atoms with Gasteiger partial charge in [0.15, 0.2) is 0 Å². The number of hydrogen-bond donors (Lipinski definition) is 3. The van der Waals surface area contributed by atoms with Crippen molar-refractivity contribution in [3.63, 3.8) is 0 Å². The third kappa shape index (κ3) is 3.16. The predicted octanol–water partition coefficient (Wildman–Crippen LogP) is 0.372. The van der Waals surface area contributed by atoms with E-state index in [1.54, 1.807) is 18.2 Å². The van der Waals surface area contributed by atoms with Gasteiger partial charge in [0.2, 0.25) is 0 Å². The first-order valence-electron chi connectivity index (χ1n) is 7.01. The van der Waals surface area contributed by atoms with E-state index in [1.165, 1.54) is 23.2 Å². The number of likely N-dealkylation sites (tertiary alicyclic amines) is 1. The lowest BCUT2D eigenvalue weighted by Gasteiger charge is -2.17. The average Bonchev–Trinajstić information content (AvgIpc) is 3.18. The third-order valence-electron chi connectivity index (χ3n) is 3.62. The van der Waals surface area contributed by atoms with E-state index in [2.05, 4.69) is 10.2 Å². The SMILES string of the molecule is O=C(O)c1cccc(O[C@@H]2CN(C(=O)c3ccn[nH]3)C[C@H]2O)c1. The first kappa shape index (κ1) is 15.0. The molecule has 8 heteroatoms. The predicted molar refractivity (Wildman–Crippen MR) is 78.3 cm³/mol. The number of aliphatic hydroxyl groups is 1. The lowest BCUT2D eigenvalue weighted by molar-refractivity contribution is 0.0686. The number of carbonyl (C=O) groups excluding carboxylic acids is 1. The molecule has 120 valence electrons. The molecule has 2 atom stereocenters. The number of benzene rings is 1. The van der Waals surface area contributed by atoms with Gasteiger partial charge in [-0.15, -0.1) is 0 Å². The Morgan fingerprint density at radius 3 is 2.83 bits per heavy atom. The minimum Gasteiger partial charge on any atom is -0.486 e. The number of aromatic carboxylic acids is 1. The number of nitrogens with zero attached hydrogens (tertiary/aromatic N) is 2. The van der Waals surface area contributed by atoms with E-state index in [-0.39, 0.29) is 24.6 Å². The number of rotatable bonds is 4. The van der Waals surface area contributed by atoms with Crippen LogP contribution in [-0.4, -0.2) is 62.5 Å².